The van der Waals surface area contributed by atoms with E-state index in [-0.39, 0.29) is 0 Å². The van der Waals surface area contributed by atoms with Crippen molar-refractivity contribution in [2.45, 2.75) is 0 Å². The highest BCUT2D eigenvalue weighted by Gasteiger charge is 2.03. The van der Waals surface area contributed by atoms with E-state index in [4.69, 9.17) is 5.26 Å². The molecule has 0 atom stereocenters. The first-order valence-corrected chi connectivity index (χ1v) is 6.64. The lowest BCUT2D eigenvalue weighted by Gasteiger charge is -1.99. The molecule has 0 amide bonds. The summed E-state index contributed by atoms with van der Waals surface area (Å²) >= 11 is 6.65. The Bertz CT molecular complexity index is 610. The van der Waals surface area contributed by atoms with Crippen LogP contribution in [-0.2, 0) is 0 Å². The van der Waals surface area contributed by atoms with Gasteiger partial charge in [-0.15, -0.1) is 0 Å². The largest absolute Gasteiger partial charge is 0.236 e. The molecule has 0 spiro atoms. The van der Waals surface area contributed by atoms with Gasteiger partial charge in [0, 0.05) is 20.7 Å². The fraction of sp³-hybridized carbons (Fsp3) is 0. The van der Waals surface area contributed by atoms with Gasteiger partial charge in [-0.2, -0.15) is 5.26 Å². The molecular weight excluding hydrogens is 358 g/mol. The van der Waals surface area contributed by atoms with Gasteiger partial charge in [0.05, 0.1) is 0 Å². The molecule has 0 bridgehead atoms. The number of halogens is 2. The van der Waals surface area contributed by atoms with E-state index in [1.807, 2.05) is 30.3 Å². The second-order valence-electron chi connectivity index (χ2n) is 3.41. The fourth-order valence-electron chi connectivity index (χ4n) is 1.31. The predicted molar refractivity (Wildman–Crippen MR) is 77.9 cm³/mol. The van der Waals surface area contributed by atoms with Crippen molar-refractivity contribution in [3.63, 3.8) is 0 Å². The van der Waals surface area contributed by atoms with Crippen LogP contribution in [0.15, 0.2) is 56.5 Å². The minimum Gasteiger partial charge on any atom is -0.236 e. The second kappa shape index (κ2) is 5.89. The number of nitriles is 1. The normalized spacial score (nSPS) is 11.1. The Morgan fingerprint density at radius 2 is 1.72 bits per heavy atom. The number of hydrogen-bond donors (Lipinski definition) is 0. The molecule has 0 aliphatic carbocycles. The van der Waals surface area contributed by atoms with E-state index in [1.165, 1.54) is 0 Å². The molecule has 3 nitrogen and oxygen atoms in total. The summed E-state index contributed by atoms with van der Waals surface area (Å²) in [7, 11) is 0. The van der Waals surface area contributed by atoms with E-state index in [0.29, 0.717) is 11.5 Å². The summed E-state index contributed by atoms with van der Waals surface area (Å²) in [6.45, 7) is 0. The molecule has 88 valence electrons. The van der Waals surface area contributed by atoms with Gasteiger partial charge in [-0.05, 0) is 40.2 Å². The Morgan fingerprint density at radius 1 is 1.06 bits per heavy atom. The minimum absolute atomic E-state index is 0.345. The third kappa shape index (κ3) is 3.25. The molecule has 0 saturated carbocycles. The molecular formula is C13H7Br2N3. The Labute approximate surface area is 121 Å². The van der Waals surface area contributed by atoms with E-state index in [1.54, 1.807) is 12.3 Å². The monoisotopic (exact) mass is 363 g/mol. The van der Waals surface area contributed by atoms with Crippen LogP contribution >= 0.6 is 31.9 Å². The van der Waals surface area contributed by atoms with Crippen LogP contribution in [0, 0.1) is 11.3 Å². The summed E-state index contributed by atoms with van der Waals surface area (Å²) in [4.78, 5) is 8.34. The maximum absolute atomic E-state index is 9.14. The molecule has 0 radical (unpaired) electrons. The Kier molecular flexibility index (Phi) is 4.24. The van der Waals surface area contributed by atoms with Crippen LogP contribution in [0.3, 0.4) is 0 Å². The molecule has 0 aliphatic heterocycles. The molecule has 1 aromatic carbocycles. The third-order valence-electron chi connectivity index (χ3n) is 2.16. The van der Waals surface area contributed by atoms with Crippen molar-refractivity contribution in [3.8, 4) is 6.07 Å². The van der Waals surface area contributed by atoms with Crippen molar-refractivity contribution < 1.29 is 0 Å². The Morgan fingerprint density at radius 3 is 2.28 bits per heavy atom. The van der Waals surface area contributed by atoms with Gasteiger partial charge in [0.2, 0.25) is 0 Å². The third-order valence-corrected chi connectivity index (χ3v) is 3.16. The van der Waals surface area contributed by atoms with Gasteiger partial charge < -0.3 is 0 Å². The molecule has 1 heterocycles. The zero-order chi connectivity index (χ0) is 13.0. The average Bonchev–Trinajstić information content (AvgIpc) is 2.39. The predicted octanol–water partition coefficient (Wildman–Crippen LogP) is 4.25. The first-order chi connectivity index (χ1) is 8.69. The summed E-state index contributed by atoms with van der Waals surface area (Å²) in [5, 5.41) is 9.14. The lowest BCUT2D eigenvalue weighted by molar-refractivity contribution is 1.26. The summed E-state index contributed by atoms with van der Waals surface area (Å²) in [6.07, 6.45) is 1.65. The van der Waals surface area contributed by atoms with Crippen molar-refractivity contribution in [2.75, 3.05) is 0 Å². The molecule has 18 heavy (non-hydrogen) atoms. The minimum atomic E-state index is 0.345. The van der Waals surface area contributed by atoms with Crippen LogP contribution in [0.4, 0.5) is 5.82 Å². The standard InChI is InChI=1S/C13H7Br2N3/c14-10-3-1-9(2-4-10)12(7-16)18-13-6-5-11(15)8-17-13/h1-6,8H. The Hall–Kier alpha value is -1.51. The summed E-state index contributed by atoms with van der Waals surface area (Å²) < 4.78 is 1.84. The zero-order valence-corrected chi connectivity index (χ0v) is 12.3. The van der Waals surface area contributed by atoms with E-state index < -0.39 is 0 Å². The van der Waals surface area contributed by atoms with Crippen molar-refractivity contribution in [1.29, 1.82) is 5.26 Å². The molecule has 2 rings (SSSR count). The fourth-order valence-corrected chi connectivity index (χ4v) is 1.81. The highest BCUT2D eigenvalue weighted by atomic mass is 79.9. The molecule has 0 saturated heterocycles. The number of aromatic nitrogens is 1. The van der Waals surface area contributed by atoms with Gasteiger partial charge in [-0.1, -0.05) is 28.1 Å². The van der Waals surface area contributed by atoms with Crippen LogP contribution in [0.25, 0.3) is 0 Å². The van der Waals surface area contributed by atoms with Crippen LogP contribution in [0.1, 0.15) is 5.56 Å². The van der Waals surface area contributed by atoms with Gasteiger partial charge in [0.25, 0.3) is 0 Å². The molecule has 1 aromatic heterocycles. The van der Waals surface area contributed by atoms with Crippen LogP contribution in [0.2, 0.25) is 0 Å². The highest BCUT2D eigenvalue weighted by Crippen LogP contribution is 2.16. The van der Waals surface area contributed by atoms with Crippen molar-refractivity contribution in [1.82, 2.24) is 4.98 Å². The lowest BCUT2D eigenvalue weighted by Crippen LogP contribution is -1.96. The smallest absolute Gasteiger partial charge is 0.153 e. The topological polar surface area (TPSA) is 49.0 Å². The lowest BCUT2D eigenvalue weighted by atomic mass is 10.1. The quantitative estimate of drug-likeness (QED) is 0.748. The molecule has 0 N–H and O–H groups in total. The molecule has 0 aliphatic rings. The van der Waals surface area contributed by atoms with Gasteiger partial charge in [-0.25, -0.2) is 9.98 Å². The summed E-state index contributed by atoms with van der Waals surface area (Å²) in [6, 6.07) is 13.1. The SMILES string of the molecule is N#CC(=Nc1ccc(Br)cn1)c1ccc(Br)cc1. The first kappa shape index (κ1) is 12.9. The number of nitrogens with zero attached hydrogens (tertiary/aromatic N) is 3. The summed E-state index contributed by atoms with van der Waals surface area (Å²) in [5.41, 5.74) is 1.11. The number of aliphatic imine (C=N–C) groups is 1. The number of pyridine rings is 1. The van der Waals surface area contributed by atoms with Gasteiger partial charge >= 0.3 is 0 Å². The molecule has 5 heteroatoms. The molecule has 0 fully saturated rings. The number of hydrogen-bond acceptors (Lipinski definition) is 3. The van der Waals surface area contributed by atoms with Gasteiger partial charge in [0.15, 0.2) is 5.82 Å². The second-order valence-corrected chi connectivity index (χ2v) is 5.25. The van der Waals surface area contributed by atoms with Crippen LogP contribution < -0.4 is 0 Å². The van der Waals surface area contributed by atoms with Crippen molar-refractivity contribution in [3.05, 3.63) is 57.1 Å². The molecule has 2 aromatic rings. The maximum Gasteiger partial charge on any atom is 0.153 e. The van der Waals surface area contributed by atoms with Crippen LogP contribution in [-0.4, -0.2) is 10.7 Å². The summed E-state index contributed by atoms with van der Waals surface area (Å²) in [5.74, 6) is 0.512. The van der Waals surface area contributed by atoms with Crippen molar-refractivity contribution >= 4 is 43.4 Å². The van der Waals surface area contributed by atoms with Crippen LogP contribution in [0.5, 0.6) is 0 Å². The van der Waals surface area contributed by atoms with E-state index in [9.17, 15) is 0 Å². The van der Waals surface area contributed by atoms with E-state index >= 15 is 0 Å². The number of rotatable bonds is 2. The number of benzene rings is 1. The van der Waals surface area contributed by atoms with Gasteiger partial charge in [-0.3, -0.25) is 0 Å². The highest BCUT2D eigenvalue weighted by molar-refractivity contribution is 9.10. The van der Waals surface area contributed by atoms with E-state index in [2.05, 4.69) is 47.9 Å². The maximum atomic E-state index is 9.14. The Balaban J connectivity index is 2.37. The zero-order valence-electron chi connectivity index (χ0n) is 9.14. The van der Waals surface area contributed by atoms with Gasteiger partial charge in [0.1, 0.15) is 11.8 Å². The van der Waals surface area contributed by atoms with E-state index in [0.717, 1.165) is 14.5 Å². The molecule has 0 unspecified atom stereocenters. The van der Waals surface area contributed by atoms with Crippen molar-refractivity contribution in [2.24, 2.45) is 4.99 Å². The first-order valence-electron chi connectivity index (χ1n) is 5.05. The average molecular weight is 365 g/mol.